The number of aliphatic carboxylic acids is 1. The molecular weight excluding hydrogens is 282 g/mol. The Morgan fingerprint density at radius 1 is 1.23 bits per heavy atom. The third kappa shape index (κ3) is 3.37. The second kappa shape index (κ2) is 6.07. The highest BCUT2D eigenvalue weighted by molar-refractivity contribution is 5.79. The molecule has 2 rings (SSSR count). The van der Waals surface area contributed by atoms with Crippen LogP contribution in [0, 0.1) is 10.8 Å². The van der Waals surface area contributed by atoms with Gasteiger partial charge in [0.2, 0.25) is 0 Å². The summed E-state index contributed by atoms with van der Waals surface area (Å²) in [6.45, 7) is 8.68. The van der Waals surface area contributed by atoms with Crippen LogP contribution in [0.1, 0.15) is 40.0 Å². The number of urea groups is 1. The third-order valence-corrected chi connectivity index (χ3v) is 5.49. The smallest absolute Gasteiger partial charge is 0.317 e. The predicted molar refractivity (Wildman–Crippen MR) is 84.8 cm³/mol. The molecule has 2 aliphatic rings. The highest BCUT2D eigenvalue weighted by Gasteiger charge is 2.42. The molecule has 6 nitrogen and oxygen atoms in total. The first kappa shape index (κ1) is 17.1. The number of likely N-dealkylation sites (N-methyl/N-ethyl adjacent to an activating group) is 1. The second-order valence-corrected chi connectivity index (χ2v) is 7.81. The van der Waals surface area contributed by atoms with Crippen molar-refractivity contribution in [2.24, 2.45) is 10.8 Å². The van der Waals surface area contributed by atoms with E-state index in [4.69, 9.17) is 0 Å². The topological polar surface area (TPSA) is 72.9 Å². The van der Waals surface area contributed by atoms with Crippen molar-refractivity contribution in [3.63, 3.8) is 0 Å². The molecule has 0 spiro atoms. The molecule has 0 aromatic heterocycles. The fourth-order valence-electron chi connectivity index (χ4n) is 3.74. The molecule has 0 aromatic carbocycles. The summed E-state index contributed by atoms with van der Waals surface area (Å²) in [7, 11) is 2.11. The van der Waals surface area contributed by atoms with Crippen molar-refractivity contribution >= 4 is 12.0 Å². The van der Waals surface area contributed by atoms with Gasteiger partial charge in [-0.1, -0.05) is 13.8 Å². The van der Waals surface area contributed by atoms with Gasteiger partial charge in [-0.25, -0.2) is 4.79 Å². The van der Waals surface area contributed by atoms with Crippen LogP contribution >= 0.6 is 0 Å². The van der Waals surface area contributed by atoms with E-state index in [1.807, 2.05) is 0 Å². The van der Waals surface area contributed by atoms with E-state index >= 15 is 0 Å². The molecule has 22 heavy (non-hydrogen) atoms. The summed E-state index contributed by atoms with van der Waals surface area (Å²) in [5.41, 5.74) is -0.626. The van der Waals surface area contributed by atoms with E-state index in [1.54, 1.807) is 11.8 Å². The van der Waals surface area contributed by atoms with Crippen LogP contribution in [0.4, 0.5) is 4.79 Å². The summed E-state index contributed by atoms with van der Waals surface area (Å²) >= 11 is 0. The van der Waals surface area contributed by atoms with Gasteiger partial charge in [0, 0.05) is 25.7 Å². The Balaban J connectivity index is 1.89. The first-order valence-corrected chi connectivity index (χ1v) is 8.12. The number of carboxylic acids is 1. The zero-order chi connectivity index (χ0) is 16.5. The predicted octanol–water partition coefficient (Wildman–Crippen LogP) is 1.61. The summed E-state index contributed by atoms with van der Waals surface area (Å²) < 4.78 is 0. The molecule has 2 saturated heterocycles. The van der Waals surface area contributed by atoms with Crippen LogP contribution in [0.25, 0.3) is 0 Å². The standard InChI is InChI=1S/C16H29N3O3/c1-15(2)6-5-8-18(4)12(15)10-17-14(22)19-9-7-16(3,11-19)13(20)21/h12H,5-11H2,1-4H3,(H,17,22)(H,20,21). The Hall–Kier alpha value is -1.30. The van der Waals surface area contributed by atoms with E-state index in [0.717, 1.165) is 6.54 Å². The van der Waals surface area contributed by atoms with Crippen LogP contribution in [-0.2, 0) is 4.79 Å². The highest BCUT2D eigenvalue weighted by atomic mass is 16.4. The average molecular weight is 311 g/mol. The molecule has 2 heterocycles. The number of rotatable bonds is 3. The molecule has 126 valence electrons. The summed E-state index contributed by atoms with van der Waals surface area (Å²) in [5, 5.41) is 12.3. The molecule has 0 aliphatic carbocycles. The Morgan fingerprint density at radius 2 is 1.91 bits per heavy atom. The van der Waals surface area contributed by atoms with Gasteiger partial charge in [-0.2, -0.15) is 0 Å². The molecule has 2 aliphatic heterocycles. The minimum atomic E-state index is -0.823. The molecule has 2 amide bonds. The molecule has 0 saturated carbocycles. The normalized spacial score (nSPS) is 32.0. The van der Waals surface area contributed by atoms with Crippen molar-refractivity contribution in [3.05, 3.63) is 0 Å². The average Bonchev–Trinajstić information content (AvgIpc) is 2.81. The lowest BCUT2D eigenvalue weighted by Gasteiger charge is -2.45. The van der Waals surface area contributed by atoms with E-state index in [0.29, 0.717) is 25.6 Å². The summed E-state index contributed by atoms with van der Waals surface area (Å²) in [6.07, 6.45) is 2.88. The van der Waals surface area contributed by atoms with E-state index in [-0.39, 0.29) is 18.0 Å². The van der Waals surface area contributed by atoms with Crippen LogP contribution in [0.5, 0.6) is 0 Å². The first-order valence-electron chi connectivity index (χ1n) is 8.12. The molecule has 2 fully saturated rings. The highest BCUT2D eigenvalue weighted by Crippen LogP contribution is 2.34. The second-order valence-electron chi connectivity index (χ2n) is 7.81. The van der Waals surface area contributed by atoms with Crippen molar-refractivity contribution in [2.75, 3.05) is 33.2 Å². The number of nitrogens with zero attached hydrogens (tertiary/aromatic N) is 2. The van der Waals surface area contributed by atoms with Gasteiger partial charge in [-0.3, -0.25) is 4.79 Å². The third-order valence-electron chi connectivity index (χ3n) is 5.49. The van der Waals surface area contributed by atoms with Crippen molar-refractivity contribution < 1.29 is 14.7 Å². The zero-order valence-electron chi connectivity index (χ0n) is 14.2. The number of likely N-dealkylation sites (tertiary alicyclic amines) is 2. The van der Waals surface area contributed by atoms with Gasteiger partial charge in [-0.15, -0.1) is 0 Å². The molecule has 0 bridgehead atoms. The number of hydrogen-bond acceptors (Lipinski definition) is 3. The van der Waals surface area contributed by atoms with Gasteiger partial charge in [0.15, 0.2) is 0 Å². The molecule has 0 radical (unpaired) electrons. The van der Waals surface area contributed by atoms with Crippen LogP contribution in [0.3, 0.4) is 0 Å². The fourth-order valence-corrected chi connectivity index (χ4v) is 3.74. The molecule has 2 atom stereocenters. The number of piperidine rings is 1. The molecule has 2 unspecified atom stereocenters. The lowest BCUT2D eigenvalue weighted by molar-refractivity contribution is -0.146. The molecule has 0 aromatic rings. The van der Waals surface area contributed by atoms with Gasteiger partial charge < -0.3 is 20.2 Å². The summed E-state index contributed by atoms with van der Waals surface area (Å²) in [6, 6.07) is 0.179. The maximum Gasteiger partial charge on any atom is 0.317 e. The van der Waals surface area contributed by atoms with Gasteiger partial charge >= 0.3 is 12.0 Å². The van der Waals surface area contributed by atoms with E-state index in [2.05, 4.69) is 31.1 Å². The number of amides is 2. The summed E-state index contributed by atoms with van der Waals surface area (Å²) in [4.78, 5) is 27.5. The van der Waals surface area contributed by atoms with Crippen molar-refractivity contribution in [1.29, 1.82) is 0 Å². The van der Waals surface area contributed by atoms with Crippen LogP contribution in [0.2, 0.25) is 0 Å². The van der Waals surface area contributed by atoms with Crippen LogP contribution in [0.15, 0.2) is 0 Å². The minimum Gasteiger partial charge on any atom is -0.481 e. The van der Waals surface area contributed by atoms with Crippen LogP contribution < -0.4 is 5.32 Å². The Kier molecular flexibility index (Phi) is 4.70. The van der Waals surface area contributed by atoms with Crippen molar-refractivity contribution in [2.45, 2.75) is 46.1 Å². The van der Waals surface area contributed by atoms with Gasteiger partial charge in [0.1, 0.15) is 0 Å². The van der Waals surface area contributed by atoms with E-state index in [9.17, 15) is 14.7 Å². The zero-order valence-corrected chi connectivity index (χ0v) is 14.2. The number of nitrogens with one attached hydrogen (secondary N) is 1. The Bertz CT molecular complexity index is 452. The van der Waals surface area contributed by atoms with E-state index < -0.39 is 11.4 Å². The minimum absolute atomic E-state index is 0.139. The van der Waals surface area contributed by atoms with Crippen molar-refractivity contribution in [1.82, 2.24) is 15.1 Å². The van der Waals surface area contributed by atoms with Crippen LogP contribution in [-0.4, -0.2) is 66.2 Å². The Morgan fingerprint density at radius 3 is 2.45 bits per heavy atom. The first-order chi connectivity index (χ1) is 10.2. The van der Waals surface area contributed by atoms with Gasteiger partial charge in [0.05, 0.1) is 5.41 Å². The number of carbonyl (C=O) groups excluding carboxylic acids is 1. The van der Waals surface area contributed by atoms with Gasteiger partial charge in [-0.05, 0) is 45.2 Å². The Labute approximate surface area is 132 Å². The maximum absolute atomic E-state index is 12.3. The molecule has 2 N–H and O–H groups in total. The van der Waals surface area contributed by atoms with Gasteiger partial charge in [0.25, 0.3) is 0 Å². The number of carbonyl (C=O) groups is 2. The van der Waals surface area contributed by atoms with Crippen molar-refractivity contribution in [3.8, 4) is 0 Å². The van der Waals surface area contributed by atoms with E-state index in [1.165, 1.54) is 12.8 Å². The molecular formula is C16H29N3O3. The monoisotopic (exact) mass is 311 g/mol. The molecule has 6 heteroatoms. The fraction of sp³-hybridized carbons (Fsp3) is 0.875. The largest absolute Gasteiger partial charge is 0.481 e. The maximum atomic E-state index is 12.3. The quantitative estimate of drug-likeness (QED) is 0.830. The number of carboxylic acid groups (broad SMARTS) is 1. The SMILES string of the molecule is CN1CCCC(C)(C)C1CNC(=O)N1CCC(C)(C(=O)O)C1. The lowest BCUT2D eigenvalue weighted by atomic mass is 9.76. The lowest BCUT2D eigenvalue weighted by Crippen LogP contribution is -2.54. The summed E-state index contributed by atoms with van der Waals surface area (Å²) in [5.74, 6) is -0.823. The number of hydrogen-bond donors (Lipinski definition) is 2.